The molecule has 15 heavy (non-hydrogen) atoms. The van der Waals surface area contributed by atoms with E-state index >= 15 is 0 Å². The maximum Gasteiger partial charge on any atom is 0.0556 e. The fraction of sp³-hybridized carbons (Fsp3) is 0.583. The van der Waals surface area contributed by atoms with Crippen molar-refractivity contribution in [3.05, 3.63) is 24.0 Å². The molecule has 82 valence electrons. The molecule has 2 rings (SSSR count). The minimum absolute atomic E-state index is 0.196. The lowest BCUT2D eigenvalue weighted by Gasteiger charge is -2.40. The van der Waals surface area contributed by atoms with E-state index in [1.807, 2.05) is 12.4 Å². The first kappa shape index (κ1) is 10.4. The molecule has 1 aliphatic rings. The summed E-state index contributed by atoms with van der Waals surface area (Å²) in [5, 5.41) is 3.51. The second kappa shape index (κ2) is 3.81. The number of nitrogens with one attached hydrogen (secondary N) is 1. The van der Waals surface area contributed by atoms with Gasteiger partial charge in [0.05, 0.1) is 11.9 Å². The van der Waals surface area contributed by atoms with Crippen molar-refractivity contribution in [3.8, 4) is 0 Å². The van der Waals surface area contributed by atoms with E-state index in [0.29, 0.717) is 0 Å². The zero-order valence-corrected chi connectivity index (χ0v) is 9.75. The van der Waals surface area contributed by atoms with E-state index in [1.165, 1.54) is 11.3 Å². The molecule has 0 atom stereocenters. The Balaban J connectivity index is 2.17. The smallest absolute Gasteiger partial charge is 0.0556 e. The Morgan fingerprint density at radius 2 is 2.20 bits per heavy atom. The number of nitrogens with zero attached hydrogens (tertiary/aromatic N) is 2. The van der Waals surface area contributed by atoms with Crippen molar-refractivity contribution >= 4 is 5.69 Å². The molecule has 1 saturated heterocycles. The molecule has 2 heterocycles. The zero-order valence-electron chi connectivity index (χ0n) is 9.75. The third kappa shape index (κ3) is 2.48. The highest BCUT2D eigenvalue weighted by Gasteiger charge is 2.25. The lowest BCUT2D eigenvalue weighted by Crippen LogP contribution is -2.57. The monoisotopic (exact) mass is 205 g/mol. The van der Waals surface area contributed by atoms with Crippen LogP contribution in [0.3, 0.4) is 0 Å². The van der Waals surface area contributed by atoms with Gasteiger partial charge in [0, 0.05) is 31.4 Å². The molecule has 1 fully saturated rings. The van der Waals surface area contributed by atoms with Crippen molar-refractivity contribution in [3.63, 3.8) is 0 Å². The third-order valence-electron chi connectivity index (χ3n) is 2.80. The number of hydrogen-bond donors (Lipinski definition) is 1. The van der Waals surface area contributed by atoms with Crippen molar-refractivity contribution in [2.45, 2.75) is 26.3 Å². The van der Waals surface area contributed by atoms with Crippen LogP contribution < -0.4 is 10.2 Å². The summed E-state index contributed by atoms with van der Waals surface area (Å²) in [6.45, 7) is 9.71. The molecule has 3 nitrogen and oxygen atoms in total. The van der Waals surface area contributed by atoms with Crippen molar-refractivity contribution in [1.29, 1.82) is 0 Å². The van der Waals surface area contributed by atoms with E-state index in [1.54, 1.807) is 0 Å². The maximum absolute atomic E-state index is 4.25. The van der Waals surface area contributed by atoms with Gasteiger partial charge in [-0.25, -0.2) is 0 Å². The SMILES string of the molecule is Cc1cncc(N2CCNC(C)(C)C2)c1. The summed E-state index contributed by atoms with van der Waals surface area (Å²) in [6, 6.07) is 2.20. The molecule has 1 aromatic heterocycles. The average Bonchev–Trinajstić information content (AvgIpc) is 2.16. The molecular formula is C12H19N3. The van der Waals surface area contributed by atoms with Crippen LogP contribution in [-0.2, 0) is 0 Å². The minimum atomic E-state index is 0.196. The molecule has 0 unspecified atom stereocenters. The van der Waals surface area contributed by atoms with Gasteiger partial charge >= 0.3 is 0 Å². The van der Waals surface area contributed by atoms with Crippen LogP contribution in [0.1, 0.15) is 19.4 Å². The number of aromatic nitrogens is 1. The van der Waals surface area contributed by atoms with Crippen molar-refractivity contribution in [1.82, 2.24) is 10.3 Å². The minimum Gasteiger partial charge on any atom is -0.367 e. The van der Waals surface area contributed by atoms with E-state index in [2.05, 4.69) is 42.0 Å². The quantitative estimate of drug-likeness (QED) is 0.754. The lowest BCUT2D eigenvalue weighted by molar-refractivity contribution is 0.353. The van der Waals surface area contributed by atoms with Gasteiger partial charge in [0.25, 0.3) is 0 Å². The topological polar surface area (TPSA) is 28.2 Å². The summed E-state index contributed by atoms with van der Waals surface area (Å²) in [7, 11) is 0. The van der Waals surface area contributed by atoms with Crippen LogP contribution in [0, 0.1) is 6.92 Å². The Kier molecular flexibility index (Phi) is 2.65. The predicted molar refractivity (Wildman–Crippen MR) is 63.3 cm³/mol. The van der Waals surface area contributed by atoms with Crippen LogP contribution in [0.2, 0.25) is 0 Å². The molecule has 0 amide bonds. The second-order valence-corrected chi connectivity index (χ2v) is 4.95. The van der Waals surface area contributed by atoms with Crippen LogP contribution in [0.4, 0.5) is 5.69 Å². The summed E-state index contributed by atoms with van der Waals surface area (Å²) in [5.74, 6) is 0. The largest absolute Gasteiger partial charge is 0.367 e. The number of hydrogen-bond acceptors (Lipinski definition) is 3. The van der Waals surface area contributed by atoms with E-state index in [4.69, 9.17) is 0 Å². The van der Waals surface area contributed by atoms with Crippen LogP contribution in [0.15, 0.2) is 18.5 Å². The number of aryl methyl sites for hydroxylation is 1. The molecule has 1 N–H and O–H groups in total. The number of rotatable bonds is 1. The molecule has 0 saturated carbocycles. The number of piperazine rings is 1. The van der Waals surface area contributed by atoms with Gasteiger partial charge in [0.15, 0.2) is 0 Å². The van der Waals surface area contributed by atoms with Crippen molar-refractivity contribution in [2.75, 3.05) is 24.5 Å². The number of pyridine rings is 1. The van der Waals surface area contributed by atoms with Crippen LogP contribution >= 0.6 is 0 Å². The standard InChI is InChI=1S/C12H19N3/c1-10-6-11(8-13-7-10)15-5-4-14-12(2,3)9-15/h6-8,14H,4-5,9H2,1-3H3. The van der Waals surface area contributed by atoms with Gasteiger partial charge in [-0.3, -0.25) is 4.98 Å². The molecule has 1 aliphatic heterocycles. The first-order valence-corrected chi connectivity index (χ1v) is 5.48. The highest BCUT2D eigenvalue weighted by atomic mass is 15.2. The molecule has 1 aromatic rings. The normalized spacial score (nSPS) is 20.3. The highest BCUT2D eigenvalue weighted by molar-refractivity contribution is 5.46. The van der Waals surface area contributed by atoms with Crippen LogP contribution in [-0.4, -0.2) is 30.2 Å². The summed E-state index contributed by atoms with van der Waals surface area (Å²) in [6.07, 6.45) is 3.85. The Bertz CT molecular complexity index is 346. The highest BCUT2D eigenvalue weighted by Crippen LogP contribution is 2.19. The van der Waals surface area contributed by atoms with Crippen molar-refractivity contribution < 1.29 is 0 Å². The Morgan fingerprint density at radius 1 is 1.40 bits per heavy atom. The molecular weight excluding hydrogens is 186 g/mol. The summed E-state index contributed by atoms with van der Waals surface area (Å²) >= 11 is 0. The Hall–Kier alpha value is -1.09. The average molecular weight is 205 g/mol. The van der Waals surface area contributed by atoms with Gasteiger partial charge in [-0.05, 0) is 32.4 Å². The van der Waals surface area contributed by atoms with Crippen LogP contribution in [0.5, 0.6) is 0 Å². The first-order valence-electron chi connectivity index (χ1n) is 5.48. The predicted octanol–water partition coefficient (Wildman–Crippen LogP) is 1.58. The van der Waals surface area contributed by atoms with Gasteiger partial charge in [-0.15, -0.1) is 0 Å². The molecule has 0 bridgehead atoms. The fourth-order valence-electron chi connectivity index (χ4n) is 2.07. The van der Waals surface area contributed by atoms with E-state index in [-0.39, 0.29) is 5.54 Å². The van der Waals surface area contributed by atoms with Gasteiger partial charge in [-0.2, -0.15) is 0 Å². The first-order chi connectivity index (χ1) is 7.07. The van der Waals surface area contributed by atoms with Gasteiger partial charge in [-0.1, -0.05) is 0 Å². The molecule has 0 aromatic carbocycles. The summed E-state index contributed by atoms with van der Waals surface area (Å²) < 4.78 is 0. The molecule has 0 spiro atoms. The van der Waals surface area contributed by atoms with E-state index < -0.39 is 0 Å². The van der Waals surface area contributed by atoms with Gasteiger partial charge in [0.2, 0.25) is 0 Å². The maximum atomic E-state index is 4.25. The Labute approximate surface area is 91.5 Å². The summed E-state index contributed by atoms with van der Waals surface area (Å²) in [4.78, 5) is 6.64. The third-order valence-corrected chi connectivity index (χ3v) is 2.80. The fourth-order valence-corrected chi connectivity index (χ4v) is 2.07. The van der Waals surface area contributed by atoms with E-state index in [0.717, 1.165) is 19.6 Å². The molecule has 3 heteroatoms. The molecule has 0 radical (unpaired) electrons. The number of anilines is 1. The van der Waals surface area contributed by atoms with Crippen LogP contribution in [0.25, 0.3) is 0 Å². The lowest BCUT2D eigenvalue weighted by atomic mass is 10.0. The summed E-state index contributed by atoms with van der Waals surface area (Å²) in [5.41, 5.74) is 2.66. The second-order valence-electron chi connectivity index (χ2n) is 4.95. The van der Waals surface area contributed by atoms with Gasteiger partial charge < -0.3 is 10.2 Å². The van der Waals surface area contributed by atoms with Gasteiger partial charge in [0.1, 0.15) is 0 Å². The van der Waals surface area contributed by atoms with E-state index in [9.17, 15) is 0 Å². The molecule has 0 aliphatic carbocycles. The Morgan fingerprint density at radius 3 is 2.87 bits per heavy atom. The van der Waals surface area contributed by atoms with Crippen molar-refractivity contribution in [2.24, 2.45) is 0 Å². The zero-order chi connectivity index (χ0) is 10.9.